The van der Waals surface area contributed by atoms with Gasteiger partial charge in [-0.05, 0) is 43.7 Å². The lowest BCUT2D eigenvalue weighted by molar-refractivity contribution is 0.0940. The minimum atomic E-state index is -0.475. The van der Waals surface area contributed by atoms with E-state index in [0.29, 0.717) is 23.0 Å². The number of fused-ring (bicyclic) bond motifs is 1. The summed E-state index contributed by atoms with van der Waals surface area (Å²) in [6.45, 7) is 3.56. The fourth-order valence-electron chi connectivity index (χ4n) is 3.87. The topological polar surface area (TPSA) is 96.4 Å². The van der Waals surface area contributed by atoms with E-state index >= 15 is 0 Å². The van der Waals surface area contributed by atoms with Gasteiger partial charge < -0.3 is 19.9 Å². The first-order valence-corrected chi connectivity index (χ1v) is 9.97. The Morgan fingerprint density at radius 3 is 2.83 bits per heavy atom. The Morgan fingerprint density at radius 2 is 2.07 bits per heavy atom. The van der Waals surface area contributed by atoms with Crippen LogP contribution >= 0.6 is 0 Å². The quantitative estimate of drug-likeness (QED) is 0.670. The Morgan fingerprint density at radius 1 is 1.23 bits per heavy atom. The van der Waals surface area contributed by atoms with Gasteiger partial charge in [0, 0.05) is 43.0 Å². The summed E-state index contributed by atoms with van der Waals surface area (Å²) in [7, 11) is 1.64. The lowest BCUT2D eigenvalue weighted by atomic mass is 10.1. The van der Waals surface area contributed by atoms with Crippen molar-refractivity contribution in [2.24, 2.45) is 0 Å². The van der Waals surface area contributed by atoms with Gasteiger partial charge in [-0.25, -0.2) is 4.79 Å². The molecule has 1 aromatic heterocycles. The Hall–Kier alpha value is -3.55. The first-order valence-electron chi connectivity index (χ1n) is 9.97. The Labute approximate surface area is 173 Å². The van der Waals surface area contributed by atoms with Crippen LogP contribution in [0.15, 0.2) is 52.1 Å². The molecule has 1 aliphatic heterocycles. The van der Waals surface area contributed by atoms with E-state index in [4.69, 9.17) is 4.74 Å². The highest BCUT2D eigenvalue weighted by Gasteiger charge is 2.25. The van der Waals surface area contributed by atoms with Crippen molar-refractivity contribution in [3.8, 4) is 5.75 Å². The minimum Gasteiger partial charge on any atom is -0.497 e. The van der Waals surface area contributed by atoms with E-state index in [1.165, 1.54) is 0 Å². The normalized spacial score (nSPS) is 16.1. The molecule has 2 N–H and O–H groups in total. The molecule has 3 aromatic rings. The van der Waals surface area contributed by atoms with E-state index in [-0.39, 0.29) is 24.1 Å². The number of aromatic nitrogens is 2. The zero-order valence-electron chi connectivity index (χ0n) is 17.0. The van der Waals surface area contributed by atoms with Crippen molar-refractivity contribution in [2.45, 2.75) is 25.9 Å². The second-order valence-corrected chi connectivity index (χ2v) is 7.35. The van der Waals surface area contributed by atoms with Gasteiger partial charge in [-0.1, -0.05) is 6.07 Å². The van der Waals surface area contributed by atoms with Crippen LogP contribution in [0, 0.1) is 0 Å². The predicted molar refractivity (Wildman–Crippen MR) is 116 cm³/mol. The summed E-state index contributed by atoms with van der Waals surface area (Å²) < 4.78 is 6.42. The molecule has 0 spiro atoms. The molecule has 1 amide bonds. The molecule has 1 aliphatic rings. The number of nitrogens with one attached hydrogen (secondary N) is 2. The number of benzene rings is 2. The molecule has 0 saturated carbocycles. The molecule has 8 heteroatoms. The fourth-order valence-corrected chi connectivity index (χ4v) is 3.87. The number of hydrogen-bond acceptors (Lipinski definition) is 5. The number of carbonyl (C=O) groups excluding carboxylic acids is 1. The van der Waals surface area contributed by atoms with Crippen LogP contribution < -0.4 is 26.2 Å². The van der Waals surface area contributed by atoms with Gasteiger partial charge in [-0.3, -0.25) is 14.2 Å². The van der Waals surface area contributed by atoms with Crippen LogP contribution in [0.2, 0.25) is 0 Å². The molecule has 8 nitrogen and oxygen atoms in total. The second-order valence-electron chi connectivity index (χ2n) is 7.35. The van der Waals surface area contributed by atoms with Crippen molar-refractivity contribution in [1.29, 1.82) is 0 Å². The maximum Gasteiger partial charge on any atom is 0.328 e. The van der Waals surface area contributed by atoms with Gasteiger partial charge in [0.05, 0.1) is 18.0 Å². The molecular formula is C22H24N4O4. The first kappa shape index (κ1) is 19.8. The zero-order valence-corrected chi connectivity index (χ0v) is 17.0. The third kappa shape index (κ3) is 3.68. The van der Waals surface area contributed by atoms with Gasteiger partial charge in [-0.2, -0.15) is 0 Å². The highest BCUT2D eigenvalue weighted by molar-refractivity contribution is 5.97. The van der Waals surface area contributed by atoms with Crippen molar-refractivity contribution in [3.05, 3.63) is 68.9 Å². The summed E-state index contributed by atoms with van der Waals surface area (Å²) in [5, 5.41) is 3.44. The SMILES string of the molecule is CCn1c(=O)[nH]c2cc(C(=O)NC3CCN(c4cccc(OC)c4)C3)ccc2c1=O. The monoisotopic (exact) mass is 408 g/mol. The maximum absolute atomic E-state index is 12.8. The molecule has 156 valence electrons. The van der Waals surface area contributed by atoms with Gasteiger partial charge in [-0.15, -0.1) is 0 Å². The van der Waals surface area contributed by atoms with Gasteiger partial charge in [0.1, 0.15) is 5.75 Å². The third-order valence-electron chi connectivity index (χ3n) is 5.50. The Balaban J connectivity index is 1.49. The van der Waals surface area contributed by atoms with Crippen LogP contribution in [-0.2, 0) is 6.54 Å². The predicted octanol–water partition coefficient (Wildman–Crippen LogP) is 1.73. The molecule has 0 radical (unpaired) electrons. The fraction of sp³-hybridized carbons (Fsp3) is 0.318. The van der Waals surface area contributed by atoms with Gasteiger partial charge in [0.15, 0.2) is 0 Å². The first-order chi connectivity index (χ1) is 14.5. The number of aromatic amines is 1. The number of carbonyl (C=O) groups is 1. The third-order valence-corrected chi connectivity index (χ3v) is 5.50. The van der Waals surface area contributed by atoms with E-state index in [1.807, 2.05) is 24.3 Å². The molecule has 30 heavy (non-hydrogen) atoms. The van der Waals surface area contributed by atoms with E-state index in [9.17, 15) is 14.4 Å². The average Bonchev–Trinajstić information content (AvgIpc) is 3.22. The number of H-pyrrole nitrogens is 1. The van der Waals surface area contributed by atoms with Crippen LogP contribution in [-0.4, -0.2) is 41.7 Å². The number of nitrogens with zero attached hydrogens (tertiary/aromatic N) is 2. The van der Waals surface area contributed by atoms with Crippen LogP contribution in [0.1, 0.15) is 23.7 Å². The lowest BCUT2D eigenvalue weighted by Crippen LogP contribution is -2.37. The van der Waals surface area contributed by atoms with Crippen LogP contribution in [0.4, 0.5) is 5.69 Å². The van der Waals surface area contributed by atoms with E-state index in [2.05, 4.69) is 15.2 Å². The highest BCUT2D eigenvalue weighted by atomic mass is 16.5. The van der Waals surface area contributed by atoms with Crippen molar-refractivity contribution < 1.29 is 9.53 Å². The molecule has 1 fully saturated rings. The van der Waals surface area contributed by atoms with Crippen molar-refractivity contribution >= 4 is 22.5 Å². The van der Waals surface area contributed by atoms with E-state index in [1.54, 1.807) is 32.2 Å². The van der Waals surface area contributed by atoms with Crippen molar-refractivity contribution in [1.82, 2.24) is 14.9 Å². The van der Waals surface area contributed by atoms with Gasteiger partial charge in [0.25, 0.3) is 11.5 Å². The smallest absolute Gasteiger partial charge is 0.328 e. The number of amides is 1. The Kier molecular flexibility index (Phi) is 5.31. The molecule has 1 atom stereocenters. The molecule has 2 heterocycles. The number of methoxy groups -OCH3 is 1. The summed E-state index contributed by atoms with van der Waals surface area (Å²) in [4.78, 5) is 42.1. The number of ether oxygens (including phenoxy) is 1. The molecule has 1 saturated heterocycles. The summed E-state index contributed by atoms with van der Waals surface area (Å²) in [5.74, 6) is 0.571. The summed E-state index contributed by atoms with van der Waals surface area (Å²) in [6.07, 6.45) is 0.828. The highest BCUT2D eigenvalue weighted by Crippen LogP contribution is 2.24. The van der Waals surface area contributed by atoms with E-state index in [0.717, 1.165) is 29.0 Å². The minimum absolute atomic E-state index is 0.00605. The molecule has 1 unspecified atom stereocenters. The second kappa shape index (κ2) is 8.06. The summed E-state index contributed by atoms with van der Waals surface area (Å²) in [5.41, 5.74) is 1.00. The maximum atomic E-state index is 12.8. The van der Waals surface area contributed by atoms with Crippen molar-refractivity contribution in [2.75, 3.05) is 25.1 Å². The molecule has 0 bridgehead atoms. The largest absolute Gasteiger partial charge is 0.497 e. The number of anilines is 1. The van der Waals surface area contributed by atoms with Crippen molar-refractivity contribution in [3.63, 3.8) is 0 Å². The van der Waals surface area contributed by atoms with Gasteiger partial charge in [0.2, 0.25) is 0 Å². The van der Waals surface area contributed by atoms with E-state index < -0.39 is 5.69 Å². The summed E-state index contributed by atoms with van der Waals surface area (Å²) >= 11 is 0. The lowest BCUT2D eigenvalue weighted by Gasteiger charge is -2.19. The van der Waals surface area contributed by atoms with Crippen LogP contribution in [0.5, 0.6) is 5.75 Å². The number of hydrogen-bond donors (Lipinski definition) is 2. The molecule has 2 aromatic carbocycles. The zero-order chi connectivity index (χ0) is 21.3. The standard InChI is InChI=1S/C22H24N4O4/c1-3-26-21(28)18-8-7-14(11-19(18)24-22(26)29)20(27)23-15-9-10-25(13-15)16-5-4-6-17(12-16)30-2/h4-8,11-12,15H,3,9-10,13H2,1-2H3,(H,23,27)(H,24,29). The summed E-state index contributed by atoms with van der Waals surface area (Å²) in [6, 6.07) is 12.6. The van der Waals surface area contributed by atoms with Crippen LogP contribution in [0.25, 0.3) is 10.9 Å². The molecule has 4 rings (SSSR count). The average molecular weight is 408 g/mol. The van der Waals surface area contributed by atoms with Crippen LogP contribution in [0.3, 0.4) is 0 Å². The molecular weight excluding hydrogens is 384 g/mol. The number of rotatable bonds is 5. The Bertz CT molecular complexity index is 1210. The van der Waals surface area contributed by atoms with Gasteiger partial charge >= 0.3 is 5.69 Å². The molecule has 0 aliphatic carbocycles.